The summed E-state index contributed by atoms with van der Waals surface area (Å²) in [6, 6.07) is 5.61. The number of aryl methyl sites for hydroxylation is 1. The second kappa shape index (κ2) is 7.03. The third-order valence-electron chi connectivity index (χ3n) is 3.97. The van der Waals surface area contributed by atoms with Gasteiger partial charge in [-0.25, -0.2) is 0 Å². The molecule has 6 heteroatoms. The van der Waals surface area contributed by atoms with Crippen LogP contribution in [-0.4, -0.2) is 34.6 Å². The fourth-order valence-corrected chi connectivity index (χ4v) is 2.78. The molecular formula is C18H23N3O3. The third kappa shape index (κ3) is 3.75. The molecule has 0 aliphatic carbocycles. The second-order valence-corrected chi connectivity index (χ2v) is 6.64. The first-order valence-corrected chi connectivity index (χ1v) is 8.35. The zero-order valence-corrected chi connectivity index (χ0v) is 14.4. The van der Waals surface area contributed by atoms with Gasteiger partial charge in [0.05, 0.1) is 13.2 Å². The first-order valence-electron chi connectivity index (χ1n) is 8.35. The minimum absolute atomic E-state index is 0.0569. The van der Waals surface area contributed by atoms with Crippen molar-refractivity contribution in [3.8, 4) is 5.75 Å². The number of fused-ring (bicyclic) bond motifs is 1. The van der Waals surface area contributed by atoms with Gasteiger partial charge in [0.25, 0.3) is 5.91 Å². The molecule has 0 bridgehead atoms. The number of amides is 1. The highest BCUT2D eigenvalue weighted by molar-refractivity contribution is 5.94. The van der Waals surface area contributed by atoms with Crippen LogP contribution in [0.25, 0.3) is 0 Å². The highest BCUT2D eigenvalue weighted by Gasteiger charge is 2.18. The highest BCUT2D eigenvalue weighted by atomic mass is 16.5. The van der Waals surface area contributed by atoms with Crippen LogP contribution in [0.1, 0.15) is 47.9 Å². The van der Waals surface area contributed by atoms with Gasteiger partial charge in [-0.15, -0.1) is 0 Å². The van der Waals surface area contributed by atoms with Crippen molar-refractivity contribution in [3.05, 3.63) is 41.0 Å². The lowest BCUT2D eigenvalue weighted by atomic mass is 10.0. The zero-order valence-electron chi connectivity index (χ0n) is 14.4. The van der Waals surface area contributed by atoms with Crippen molar-refractivity contribution in [1.82, 2.24) is 15.0 Å². The predicted octanol–water partition coefficient (Wildman–Crippen LogP) is 2.87. The maximum atomic E-state index is 12.6. The summed E-state index contributed by atoms with van der Waals surface area (Å²) in [5, 5.41) is 3.96. The fourth-order valence-electron chi connectivity index (χ4n) is 2.78. The van der Waals surface area contributed by atoms with Crippen LogP contribution in [-0.2, 0) is 19.4 Å². The maximum absolute atomic E-state index is 12.6. The van der Waals surface area contributed by atoms with E-state index in [1.807, 2.05) is 18.2 Å². The van der Waals surface area contributed by atoms with E-state index in [0.717, 1.165) is 37.2 Å². The van der Waals surface area contributed by atoms with Gasteiger partial charge in [-0.1, -0.05) is 19.0 Å². The lowest BCUT2D eigenvalue weighted by molar-refractivity contribution is 0.0780. The van der Waals surface area contributed by atoms with Crippen molar-refractivity contribution in [2.24, 2.45) is 5.92 Å². The molecule has 0 radical (unpaired) electrons. The number of benzene rings is 1. The van der Waals surface area contributed by atoms with Gasteiger partial charge in [-0.3, -0.25) is 4.79 Å². The molecule has 24 heavy (non-hydrogen) atoms. The van der Waals surface area contributed by atoms with Gasteiger partial charge in [-0.05, 0) is 42.5 Å². The smallest absolute Gasteiger partial charge is 0.254 e. The van der Waals surface area contributed by atoms with Crippen LogP contribution in [0.2, 0.25) is 0 Å². The van der Waals surface area contributed by atoms with Crippen LogP contribution < -0.4 is 4.74 Å². The van der Waals surface area contributed by atoms with Crippen LogP contribution in [0.5, 0.6) is 5.75 Å². The van der Waals surface area contributed by atoms with E-state index < -0.39 is 0 Å². The molecule has 0 saturated carbocycles. The first-order chi connectivity index (χ1) is 11.5. The molecule has 1 aromatic heterocycles. The summed E-state index contributed by atoms with van der Waals surface area (Å²) in [5.41, 5.74) is 1.76. The summed E-state index contributed by atoms with van der Waals surface area (Å²) >= 11 is 0. The van der Waals surface area contributed by atoms with Crippen LogP contribution in [0, 0.1) is 5.92 Å². The van der Waals surface area contributed by atoms with Gasteiger partial charge in [0.2, 0.25) is 5.89 Å². The Morgan fingerprint density at radius 2 is 2.21 bits per heavy atom. The monoisotopic (exact) mass is 329 g/mol. The molecule has 6 nitrogen and oxygen atoms in total. The number of rotatable bonds is 5. The molecule has 0 N–H and O–H groups in total. The minimum atomic E-state index is -0.0569. The average Bonchev–Trinajstić information content (AvgIpc) is 2.99. The molecule has 2 aromatic rings. The van der Waals surface area contributed by atoms with E-state index in [1.165, 1.54) is 0 Å². The summed E-state index contributed by atoms with van der Waals surface area (Å²) in [6.07, 6.45) is 2.68. The summed E-state index contributed by atoms with van der Waals surface area (Å²) in [6.45, 7) is 5.27. The van der Waals surface area contributed by atoms with Crippen LogP contribution >= 0.6 is 0 Å². The average molecular weight is 329 g/mol. The van der Waals surface area contributed by atoms with E-state index in [9.17, 15) is 4.79 Å². The molecule has 128 valence electrons. The molecule has 1 aromatic carbocycles. The van der Waals surface area contributed by atoms with Crippen LogP contribution in [0.15, 0.2) is 22.7 Å². The van der Waals surface area contributed by atoms with Gasteiger partial charge in [0, 0.05) is 19.0 Å². The van der Waals surface area contributed by atoms with Gasteiger partial charge in [0.1, 0.15) is 5.75 Å². The Kier molecular flexibility index (Phi) is 4.83. The molecule has 3 rings (SSSR count). The number of ether oxygens (including phenoxy) is 1. The number of aromatic nitrogens is 2. The predicted molar refractivity (Wildman–Crippen MR) is 88.9 cm³/mol. The first kappa shape index (κ1) is 16.5. The Labute approximate surface area is 141 Å². The van der Waals surface area contributed by atoms with Crippen molar-refractivity contribution < 1.29 is 14.1 Å². The SMILES string of the molecule is CC(C)Cc1nc(CN(C)C(=O)c2ccc3c(c2)CCCO3)no1. The van der Waals surface area contributed by atoms with E-state index in [0.29, 0.717) is 29.7 Å². The van der Waals surface area contributed by atoms with E-state index in [2.05, 4.69) is 24.0 Å². The molecule has 0 spiro atoms. The normalized spacial score (nSPS) is 13.5. The quantitative estimate of drug-likeness (QED) is 0.844. The van der Waals surface area contributed by atoms with Crippen LogP contribution in [0.3, 0.4) is 0 Å². The number of carbonyl (C=O) groups is 1. The molecule has 1 aliphatic heterocycles. The van der Waals surface area contributed by atoms with Gasteiger partial charge in [-0.2, -0.15) is 4.98 Å². The minimum Gasteiger partial charge on any atom is -0.493 e. The Balaban J connectivity index is 1.67. The van der Waals surface area contributed by atoms with Crippen LogP contribution in [0.4, 0.5) is 0 Å². The second-order valence-electron chi connectivity index (χ2n) is 6.64. The van der Waals surface area contributed by atoms with E-state index in [4.69, 9.17) is 9.26 Å². The van der Waals surface area contributed by atoms with Gasteiger partial charge in [0.15, 0.2) is 5.82 Å². The van der Waals surface area contributed by atoms with Crippen molar-refractivity contribution in [3.63, 3.8) is 0 Å². The molecule has 2 heterocycles. The standard InChI is InChI=1S/C18H23N3O3/c1-12(2)9-17-19-16(20-24-17)11-21(3)18(22)14-6-7-15-13(10-14)5-4-8-23-15/h6-7,10,12H,4-5,8-9,11H2,1-3H3. The van der Waals surface area contributed by atoms with Gasteiger partial charge >= 0.3 is 0 Å². The molecule has 0 atom stereocenters. The largest absolute Gasteiger partial charge is 0.493 e. The summed E-state index contributed by atoms with van der Waals surface area (Å²) < 4.78 is 10.8. The number of hydrogen-bond acceptors (Lipinski definition) is 5. The Hall–Kier alpha value is -2.37. The maximum Gasteiger partial charge on any atom is 0.254 e. The van der Waals surface area contributed by atoms with E-state index in [1.54, 1.807) is 11.9 Å². The van der Waals surface area contributed by atoms with Crippen molar-refractivity contribution in [1.29, 1.82) is 0 Å². The molecule has 0 fully saturated rings. The van der Waals surface area contributed by atoms with Gasteiger partial charge < -0.3 is 14.2 Å². The fraction of sp³-hybridized carbons (Fsp3) is 0.500. The summed E-state index contributed by atoms with van der Waals surface area (Å²) in [5.74, 6) is 2.43. The molecule has 0 unspecified atom stereocenters. The Bertz CT molecular complexity index is 724. The topological polar surface area (TPSA) is 68.5 Å². The molecular weight excluding hydrogens is 306 g/mol. The molecule has 0 saturated heterocycles. The molecule has 1 amide bonds. The number of carbonyl (C=O) groups excluding carboxylic acids is 1. The lowest BCUT2D eigenvalue weighted by Crippen LogP contribution is -2.27. The highest BCUT2D eigenvalue weighted by Crippen LogP contribution is 2.26. The third-order valence-corrected chi connectivity index (χ3v) is 3.97. The van der Waals surface area contributed by atoms with E-state index >= 15 is 0 Å². The van der Waals surface area contributed by atoms with Crippen molar-refractivity contribution in [2.45, 2.75) is 39.7 Å². The summed E-state index contributed by atoms with van der Waals surface area (Å²) in [4.78, 5) is 18.6. The molecule has 1 aliphatic rings. The number of hydrogen-bond donors (Lipinski definition) is 0. The number of nitrogens with zero attached hydrogens (tertiary/aromatic N) is 3. The van der Waals surface area contributed by atoms with E-state index in [-0.39, 0.29) is 5.91 Å². The van der Waals surface area contributed by atoms with Crippen molar-refractivity contribution in [2.75, 3.05) is 13.7 Å². The lowest BCUT2D eigenvalue weighted by Gasteiger charge is -2.19. The zero-order chi connectivity index (χ0) is 17.1. The summed E-state index contributed by atoms with van der Waals surface area (Å²) in [7, 11) is 1.75. The van der Waals surface area contributed by atoms with Crippen molar-refractivity contribution >= 4 is 5.91 Å². The Morgan fingerprint density at radius 1 is 1.38 bits per heavy atom. The Morgan fingerprint density at radius 3 is 3.00 bits per heavy atom.